The smallest absolute Gasteiger partial charge is 0.156 e. The molecule has 0 bridgehead atoms. The summed E-state index contributed by atoms with van der Waals surface area (Å²) in [6.45, 7) is 4.43. The second kappa shape index (κ2) is 5.50. The van der Waals surface area contributed by atoms with Crippen molar-refractivity contribution in [3.63, 3.8) is 0 Å². The van der Waals surface area contributed by atoms with Gasteiger partial charge in [0.25, 0.3) is 0 Å². The van der Waals surface area contributed by atoms with Crippen molar-refractivity contribution >= 4 is 9.84 Å². The maximum Gasteiger partial charge on any atom is 0.156 e. The maximum absolute atomic E-state index is 11.3. The quantitative estimate of drug-likeness (QED) is 0.595. The van der Waals surface area contributed by atoms with Crippen LogP contribution in [0, 0.1) is 0 Å². The summed E-state index contributed by atoms with van der Waals surface area (Å²) in [5.74, 6) is 0.0687. The Morgan fingerprint density at radius 3 is 2.50 bits per heavy atom. The summed E-state index contributed by atoms with van der Waals surface area (Å²) in [5.41, 5.74) is 5.24. The zero-order valence-corrected chi connectivity index (χ0v) is 8.43. The van der Waals surface area contributed by atoms with E-state index in [-0.39, 0.29) is 18.9 Å². The third-order valence-corrected chi connectivity index (χ3v) is 3.82. The van der Waals surface area contributed by atoms with Crippen LogP contribution in [0.3, 0.4) is 0 Å². The Morgan fingerprint density at radius 2 is 2.08 bits per heavy atom. The van der Waals surface area contributed by atoms with Gasteiger partial charge in [-0.1, -0.05) is 0 Å². The molecule has 5 heteroatoms. The highest BCUT2D eigenvalue weighted by atomic mass is 32.2. The van der Waals surface area contributed by atoms with E-state index in [0.717, 1.165) is 0 Å². The molecule has 0 aromatic heterocycles. The minimum absolute atomic E-state index is 0.0687. The number of sulfone groups is 1. The van der Waals surface area contributed by atoms with Crippen molar-refractivity contribution in [1.82, 2.24) is 0 Å². The molecule has 0 heterocycles. The van der Waals surface area contributed by atoms with Gasteiger partial charge >= 0.3 is 0 Å². The van der Waals surface area contributed by atoms with Crippen molar-refractivity contribution in [2.75, 3.05) is 25.5 Å². The second-order valence-corrected chi connectivity index (χ2v) is 5.15. The Bertz CT molecular complexity index is 201. The number of hydrogen-bond acceptors (Lipinski definition) is 4. The molecular formula is C7H17NO3S. The third kappa shape index (κ3) is 4.04. The molecule has 4 nitrogen and oxygen atoms in total. The Morgan fingerprint density at radius 1 is 1.50 bits per heavy atom. The molecule has 0 aromatic carbocycles. The van der Waals surface area contributed by atoms with Gasteiger partial charge in [0.15, 0.2) is 9.84 Å². The van der Waals surface area contributed by atoms with E-state index >= 15 is 0 Å². The predicted octanol–water partition coefficient (Wildman–Crippen LogP) is -0.215. The van der Waals surface area contributed by atoms with Crippen molar-refractivity contribution in [1.29, 1.82) is 0 Å². The van der Waals surface area contributed by atoms with Crippen LogP contribution in [0.25, 0.3) is 0 Å². The molecule has 0 aromatic rings. The van der Waals surface area contributed by atoms with Crippen LogP contribution in [0.2, 0.25) is 0 Å². The Balaban J connectivity index is 3.88. The number of ether oxygens (including phenoxy) is 1. The van der Waals surface area contributed by atoms with E-state index in [1.165, 1.54) is 0 Å². The van der Waals surface area contributed by atoms with Gasteiger partial charge in [-0.05, 0) is 13.8 Å². The van der Waals surface area contributed by atoms with Gasteiger partial charge in [-0.2, -0.15) is 0 Å². The van der Waals surface area contributed by atoms with Crippen molar-refractivity contribution < 1.29 is 13.2 Å². The fraction of sp³-hybridized carbons (Fsp3) is 1.00. The zero-order chi connectivity index (χ0) is 9.61. The first-order valence-electron chi connectivity index (χ1n) is 4.04. The standard InChI is InChI=1S/C7H17NO3S/c1-3-11-4-5-12(9,10)7(2)6-8/h7H,3-6,8H2,1-2H3. The number of nitrogens with two attached hydrogens (primary N) is 1. The average molecular weight is 195 g/mol. The third-order valence-electron chi connectivity index (χ3n) is 1.66. The predicted molar refractivity (Wildman–Crippen MR) is 48.8 cm³/mol. The summed E-state index contributed by atoms with van der Waals surface area (Å²) in [6, 6.07) is 0. The summed E-state index contributed by atoms with van der Waals surface area (Å²) >= 11 is 0. The molecule has 0 amide bonds. The van der Waals surface area contributed by atoms with Crippen LogP contribution in [-0.4, -0.2) is 39.2 Å². The van der Waals surface area contributed by atoms with Crippen LogP contribution in [0.4, 0.5) is 0 Å². The lowest BCUT2D eigenvalue weighted by Crippen LogP contribution is -2.30. The molecule has 0 saturated carbocycles. The topological polar surface area (TPSA) is 69.4 Å². The van der Waals surface area contributed by atoms with E-state index in [4.69, 9.17) is 10.5 Å². The molecule has 2 N–H and O–H groups in total. The molecule has 12 heavy (non-hydrogen) atoms. The summed E-state index contributed by atoms with van der Waals surface area (Å²) in [7, 11) is -3.03. The van der Waals surface area contributed by atoms with Crippen molar-refractivity contribution in [3.05, 3.63) is 0 Å². The fourth-order valence-electron chi connectivity index (χ4n) is 0.667. The normalized spacial score (nSPS) is 14.6. The molecule has 74 valence electrons. The van der Waals surface area contributed by atoms with Crippen LogP contribution >= 0.6 is 0 Å². The Hall–Kier alpha value is -0.130. The van der Waals surface area contributed by atoms with E-state index in [9.17, 15) is 8.42 Å². The largest absolute Gasteiger partial charge is 0.381 e. The SMILES string of the molecule is CCOCCS(=O)(=O)C(C)CN. The highest BCUT2D eigenvalue weighted by molar-refractivity contribution is 7.92. The molecule has 0 spiro atoms. The Labute approximate surface area is 74.0 Å². The van der Waals surface area contributed by atoms with Gasteiger partial charge in [-0.25, -0.2) is 8.42 Å². The Kier molecular flexibility index (Phi) is 5.44. The lowest BCUT2D eigenvalue weighted by molar-refractivity contribution is 0.163. The molecule has 0 fully saturated rings. The van der Waals surface area contributed by atoms with E-state index < -0.39 is 15.1 Å². The molecule has 0 rings (SSSR count). The van der Waals surface area contributed by atoms with E-state index in [1.807, 2.05) is 6.92 Å². The molecule has 0 aliphatic heterocycles. The molecular weight excluding hydrogens is 178 g/mol. The van der Waals surface area contributed by atoms with Crippen LogP contribution < -0.4 is 5.73 Å². The van der Waals surface area contributed by atoms with Crippen LogP contribution in [0.1, 0.15) is 13.8 Å². The monoisotopic (exact) mass is 195 g/mol. The van der Waals surface area contributed by atoms with Gasteiger partial charge < -0.3 is 10.5 Å². The van der Waals surface area contributed by atoms with Crippen molar-refractivity contribution in [2.45, 2.75) is 19.1 Å². The highest BCUT2D eigenvalue weighted by Crippen LogP contribution is 1.99. The van der Waals surface area contributed by atoms with Crippen molar-refractivity contribution in [2.24, 2.45) is 5.73 Å². The minimum atomic E-state index is -3.03. The molecule has 0 aliphatic carbocycles. The number of rotatable bonds is 6. The van der Waals surface area contributed by atoms with Gasteiger partial charge in [-0.3, -0.25) is 0 Å². The lowest BCUT2D eigenvalue weighted by Gasteiger charge is -2.09. The summed E-state index contributed by atoms with van der Waals surface area (Å²) in [5, 5.41) is -0.460. The maximum atomic E-state index is 11.3. The number of hydrogen-bond donors (Lipinski definition) is 1. The summed E-state index contributed by atoms with van der Waals surface area (Å²) in [6.07, 6.45) is 0. The first kappa shape index (κ1) is 11.9. The van der Waals surface area contributed by atoms with Crippen LogP contribution in [0.5, 0.6) is 0 Å². The lowest BCUT2D eigenvalue weighted by atomic mass is 10.5. The molecule has 0 aliphatic rings. The fourth-order valence-corrected chi connectivity index (χ4v) is 1.71. The van der Waals surface area contributed by atoms with Crippen LogP contribution in [-0.2, 0) is 14.6 Å². The first-order valence-corrected chi connectivity index (χ1v) is 5.75. The minimum Gasteiger partial charge on any atom is -0.381 e. The van der Waals surface area contributed by atoms with Gasteiger partial charge in [0.05, 0.1) is 17.6 Å². The molecule has 1 atom stereocenters. The average Bonchev–Trinajstić information content (AvgIpc) is 2.03. The van der Waals surface area contributed by atoms with Crippen molar-refractivity contribution in [3.8, 4) is 0 Å². The first-order chi connectivity index (χ1) is 5.54. The van der Waals surface area contributed by atoms with E-state index in [0.29, 0.717) is 6.61 Å². The van der Waals surface area contributed by atoms with E-state index in [2.05, 4.69) is 0 Å². The van der Waals surface area contributed by atoms with Gasteiger partial charge in [-0.15, -0.1) is 0 Å². The highest BCUT2D eigenvalue weighted by Gasteiger charge is 2.18. The van der Waals surface area contributed by atoms with Gasteiger partial charge in [0, 0.05) is 13.2 Å². The van der Waals surface area contributed by atoms with Gasteiger partial charge in [0.1, 0.15) is 0 Å². The summed E-state index contributed by atoms with van der Waals surface area (Å²) in [4.78, 5) is 0. The van der Waals surface area contributed by atoms with Crippen LogP contribution in [0.15, 0.2) is 0 Å². The zero-order valence-electron chi connectivity index (χ0n) is 7.62. The van der Waals surface area contributed by atoms with Gasteiger partial charge in [0.2, 0.25) is 0 Å². The van der Waals surface area contributed by atoms with E-state index in [1.54, 1.807) is 6.92 Å². The molecule has 0 saturated heterocycles. The summed E-state index contributed by atoms with van der Waals surface area (Å²) < 4.78 is 27.5. The second-order valence-electron chi connectivity index (χ2n) is 2.61. The molecule has 0 radical (unpaired) electrons. The molecule has 1 unspecified atom stereocenters.